The van der Waals surface area contributed by atoms with Crippen molar-refractivity contribution in [3.05, 3.63) is 53.3 Å². The summed E-state index contributed by atoms with van der Waals surface area (Å²) in [6, 6.07) is 5.60. The van der Waals surface area contributed by atoms with E-state index in [0.29, 0.717) is 29.1 Å². The molecule has 16 heteroatoms. The van der Waals surface area contributed by atoms with Gasteiger partial charge in [-0.3, -0.25) is 0 Å². The zero-order valence-corrected chi connectivity index (χ0v) is 26.1. The number of pyridine rings is 1. The van der Waals surface area contributed by atoms with E-state index in [1.807, 2.05) is 6.08 Å². The summed E-state index contributed by atoms with van der Waals surface area (Å²) in [5.74, 6) is -4.55. The predicted molar refractivity (Wildman–Crippen MR) is 165 cm³/mol. The number of hydrogen-bond acceptors (Lipinski definition) is 10. The van der Waals surface area contributed by atoms with Crippen molar-refractivity contribution in [3.8, 4) is 16.5 Å². The van der Waals surface area contributed by atoms with Crippen molar-refractivity contribution in [2.24, 2.45) is 0 Å². The summed E-state index contributed by atoms with van der Waals surface area (Å²) in [5, 5.41) is 11.9. The molecule has 2 atom stereocenters. The molecule has 47 heavy (non-hydrogen) atoms. The van der Waals surface area contributed by atoms with Crippen LogP contribution in [0.2, 0.25) is 0 Å². The summed E-state index contributed by atoms with van der Waals surface area (Å²) >= 11 is 1.30. The molecule has 6 heterocycles. The second-order valence-electron chi connectivity index (χ2n) is 11.5. The molecule has 2 saturated heterocycles. The number of rotatable bonds is 8. The van der Waals surface area contributed by atoms with Gasteiger partial charge in [0.05, 0.1) is 24.2 Å². The number of methoxy groups -OCH3 is 1. The average Bonchev–Trinajstić information content (AvgIpc) is 3.76. The maximum atomic E-state index is 14.1. The fraction of sp³-hybridized carbons (Fsp3) is 0.452. The third-order valence-corrected chi connectivity index (χ3v) is 9.33. The highest BCUT2D eigenvalue weighted by Crippen LogP contribution is 2.38. The molecule has 0 radical (unpaired) electrons. The molecule has 0 saturated carbocycles. The van der Waals surface area contributed by atoms with Crippen LogP contribution < -0.4 is 14.5 Å². The Morgan fingerprint density at radius 1 is 1.15 bits per heavy atom. The summed E-state index contributed by atoms with van der Waals surface area (Å²) in [6.45, 7) is 0.831. The van der Waals surface area contributed by atoms with Gasteiger partial charge in [-0.15, -0.1) is 11.3 Å². The monoisotopic (exact) mass is 676 g/mol. The number of aliphatic carboxylic acids is 1. The molecule has 0 aliphatic carbocycles. The van der Waals surface area contributed by atoms with Crippen LogP contribution in [0.4, 0.5) is 33.9 Å². The zero-order valence-electron chi connectivity index (χ0n) is 25.3. The first-order valence-electron chi connectivity index (χ1n) is 15.0. The first-order valence-corrected chi connectivity index (χ1v) is 15.9. The number of aromatic nitrogens is 3. The lowest BCUT2D eigenvalue weighted by Gasteiger charge is -2.34. The molecule has 3 aromatic rings. The van der Waals surface area contributed by atoms with E-state index >= 15 is 0 Å². The molecule has 2 fully saturated rings. The summed E-state index contributed by atoms with van der Waals surface area (Å²) in [7, 11) is 1.31. The van der Waals surface area contributed by atoms with Gasteiger partial charge in [0, 0.05) is 57.7 Å². The summed E-state index contributed by atoms with van der Waals surface area (Å²) < 4.78 is 67.0. The maximum Gasteiger partial charge on any atom is 0.409 e. The minimum atomic E-state index is -2.98. The number of amides is 1. The van der Waals surface area contributed by atoms with Crippen LogP contribution in [0, 0.1) is 0 Å². The largest absolute Gasteiger partial charge is 0.480 e. The van der Waals surface area contributed by atoms with Crippen LogP contribution in [0.25, 0.3) is 16.1 Å². The number of anilines is 2. The van der Waals surface area contributed by atoms with Crippen molar-refractivity contribution >= 4 is 40.5 Å². The fourth-order valence-corrected chi connectivity index (χ4v) is 6.71. The van der Waals surface area contributed by atoms with Crippen molar-refractivity contribution in [2.75, 3.05) is 49.6 Å². The third kappa shape index (κ3) is 7.11. The molecule has 0 spiro atoms. The highest BCUT2D eigenvalue weighted by Gasteiger charge is 2.41. The van der Waals surface area contributed by atoms with Crippen LogP contribution in [-0.4, -0.2) is 94.9 Å². The van der Waals surface area contributed by atoms with E-state index in [0.717, 1.165) is 5.57 Å². The van der Waals surface area contributed by atoms with E-state index in [9.17, 15) is 32.3 Å². The summed E-state index contributed by atoms with van der Waals surface area (Å²) in [5.41, 5.74) is 2.19. The fourth-order valence-electron chi connectivity index (χ4n) is 6.02. The number of thiophene rings is 1. The van der Waals surface area contributed by atoms with Gasteiger partial charge in [-0.25, -0.2) is 42.1 Å². The van der Waals surface area contributed by atoms with Crippen LogP contribution in [0.5, 0.6) is 5.88 Å². The van der Waals surface area contributed by atoms with E-state index in [-0.39, 0.29) is 62.8 Å². The van der Waals surface area contributed by atoms with Crippen LogP contribution in [-0.2, 0) is 9.53 Å². The number of carboxylic acid groups (broad SMARTS) is 1. The van der Waals surface area contributed by atoms with Crippen molar-refractivity contribution in [3.63, 3.8) is 0 Å². The average molecular weight is 677 g/mol. The Morgan fingerprint density at radius 3 is 2.62 bits per heavy atom. The van der Waals surface area contributed by atoms with Gasteiger partial charge in [0.25, 0.3) is 12.3 Å². The molecule has 6 rings (SSSR count). The molecule has 0 unspecified atom stereocenters. The zero-order chi connectivity index (χ0) is 33.3. The number of halogens is 4. The quantitative estimate of drug-likeness (QED) is 0.296. The Kier molecular flexibility index (Phi) is 9.21. The Labute approximate surface area is 271 Å². The topological polar surface area (TPSA) is 121 Å². The van der Waals surface area contributed by atoms with Gasteiger partial charge in [-0.2, -0.15) is 0 Å². The third-order valence-electron chi connectivity index (χ3n) is 8.44. The Balaban J connectivity index is 1.30. The van der Waals surface area contributed by atoms with E-state index in [4.69, 9.17) is 9.47 Å². The number of hydrogen-bond donors (Lipinski definition) is 1. The number of nitrogens with zero attached hydrogens (tertiary/aromatic N) is 6. The number of ether oxygens (including phenoxy) is 2. The van der Waals surface area contributed by atoms with Gasteiger partial charge in [0.1, 0.15) is 23.7 Å². The minimum absolute atomic E-state index is 0.0132. The Bertz CT molecular complexity index is 1650. The molecule has 250 valence electrons. The van der Waals surface area contributed by atoms with Crippen molar-refractivity contribution < 1.29 is 41.7 Å². The minimum Gasteiger partial charge on any atom is -0.480 e. The van der Waals surface area contributed by atoms with Crippen LogP contribution in [0.15, 0.2) is 41.9 Å². The van der Waals surface area contributed by atoms with Gasteiger partial charge < -0.3 is 29.3 Å². The smallest absolute Gasteiger partial charge is 0.409 e. The van der Waals surface area contributed by atoms with Gasteiger partial charge in [-0.1, -0.05) is 12.1 Å². The number of carbonyl (C=O) groups is 2. The van der Waals surface area contributed by atoms with Crippen molar-refractivity contribution in [2.45, 2.75) is 50.2 Å². The second-order valence-corrected chi connectivity index (χ2v) is 12.5. The number of piperidine rings is 1. The van der Waals surface area contributed by atoms with Gasteiger partial charge in [0.2, 0.25) is 5.88 Å². The summed E-state index contributed by atoms with van der Waals surface area (Å²) in [4.78, 5) is 42.4. The Morgan fingerprint density at radius 2 is 1.94 bits per heavy atom. The Hall–Kier alpha value is -4.47. The van der Waals surface area contributed by atoms with Crippen LogP contribution in [0.3, 0.4) is 0 Å². The molecule has 0 bridgehead atoms. The molecule has 3 aromatic heterocycles. The SMILES string of the molecule is COC(=O)N1CCC=C(c2cnc(O[C@H]3C[C@@H](C(=O)O)N(c4cc(-c5cccs5)nc(C(F)F)n4)C3)c(N3CCC(F)(F)CC3)c2)C1. The molecule has 0 aromatic carbocycles. The molecule has 3 aliphatic heterocycles. The first kappa shape index (κ1) is 32.5. The van der Waals surface area contributed by atoms with Gasteiger partial charge >= 0.3 is 12.1 Å². The number of carbonyl (C=O) groups excluding carboxylic acids is 1. The normalized spacial score (nSPS) is 21.1. The molecule has 1 N–H and O–H groups in total. The summed E-state index contributed by atoms with van der Waals surface area (Å²) in [6.07, 6.45) is -0.792. The lowest BCUT2D eigenvalue weighted by atomic mass is 10.0. The lowest BCUT2D eigenvalue weighted by Crippen LogP contribution is -2.40. The number of carboxylic acids is 1. The molecular weight excluding hydrogens is 644 g/mol. The second kappa shape index (κ2) is 13.3. The van der Waals surface area contributed by atoms with E-state index in [2.05, 4.69) is 15.0 Å². The highest BCUT2D eigenvalue weighted by molar-refractivity contribution is 7.13. The van der Waals surface area contributed by atoms with Gasteiger partial charge in [-0.05, 0) is 35.1 Å². The highest BCUT2D eigenvalue weighted by atomic mass is 32.1. The van der Waals surface area contributed by atoms with E-state index in [1.54, 1.807) is 39.6 Å². The lowest BCUT2D eigenvalue weighted by molar-refractivity contribution is -0.138. The van der Waals surface area contributed by atoms with E-state index in [1.165, 1.54) is 29.4 Å². The van der Waals surface area contributed by atoms with Gasteiger partial charge in [0.15, 0.2) is 5.82 Å². The van der Waals surface area contributed by atoms with E-state index < -0.39 is 42.4 Å². The standard InChI is InChI=1S/C31H32F4N6O5S/c1-45-30(44)40-8-2-4-18(16-40)19-12-22(39-9-6-31(34,35)7-10-39)28(36-15-19)46-20-13-23(29(42)43)41(17-20)25-14-21(24-5-3-11-47-24)37-27(38-25)26(32)33/h3-5,11-12,14-15,20,23,26H,2,6-10,13,16-17H2,1H3,(H,42,43)/t20-,23-/m0/s1. The predicted octanol–water partition coefficient (Wildman–Crippen LogP) is 5.74. The maximum absolute atomic E-state index is 14.1. The molecule has 11 nitrogen and oxygen atoms in total. The molecule has 1 amide bonds. The number of alkyl halides is 4. The van der Waals surface area contributed by atoms with Crippen LogP contribution >= 0.6 is 11.3 Å². The molecule has 3 aliphatic rings. The first-order chi connectivity index (χ1) is 22.5. The van der Waals surface area contributed by atoms with Crippen molar-refractivity contribution in [1.82, 2.24) is 19.9 Å². The molecular formula is C31H32F4N6O5S. The van der Waals surface area contributed by atoms with Crippen LogP contribution in [0.1, 0.15) is 43.5 Å². The van der Waals surface area contributed by atoms with Crippen molar-refractivity contribution in [1.29, 1.82) is 0 Å².